The van der Waals surface area contributed by atoms with E-state index in [1.54, 1.807) is 27.7 Å². The number of halogens is 1. The third-order valence-corrected chi connectivity index (χ3v) is 2.56. The van der Waals surface area contributed by atoms with Gasteiger partial charge in [0.05, 0.1) is 5.69 Å². The van der Waals surface area contributed by atoms with Crippen LogP contribution in [-0.4, -0.2) is 16.7 Å². The van der Waals surface area contributed by atoms with Crippen LogP contribution in [0, 0.1) is 6.92 Å². The molecule has 0 aliphatic rings. The van der Waals surface area contributed by atoms with Crippen molar-refractivity contribution >= 4 is 34.0 Å². The van der Waals surface area contributed by atoms with Crippen LogP contribution in [0.1, 0.15) is 26.5 Å². The number of carbonyl (C=O) groups is 1. The van der Waals surface area contributed by atoms with Crippen LogP contribution in [0.5, 0.6) is 0 Å². The molecule has 0 bridgehead atoms. The van der Waals surface area contributed by atoms with Crippen molar-refractivity contribution in [1.82, 2.24) is 4.98 Å². The molecule has 0 radical (unpaired) electrons. The Morgan fingerprint density at radius 2 is 2.13 bits per heavy atom. The lowest BCUT2D eigenvalue weighted by molar-refractivity contribution is 0.0636. The van der Waals surface area contributed by atoms with Crippen LogP contribution in [0.15, 0.2) is 0 Å². The lowest BCUT2D eigenvalue weighted by Crippen LogP contribution is -2.27. The van der Waals surface area contributed by atoms with E-state index in [1.165, 1.54) is 11.3 Å². The summed E-state index contributed by atoms with van der Waals surface area (Å²) in [6, 6.07) is 0. The van der Waals surface area contributed by atoms with Crippen molar-refractivity contribution in [1.29, 1.82) is 0 Å². The largest absolute Gasteiger partial charge is 0.444 e. The lowest BCUT2D eigenvalue weighted by Gasteiger charge is -2.19. The van der Waals surface area contributed by atoms with Gasteiger partial charge in [-0.2, -0.15) is 0 Å². The normalized spacial score (nSPS) is 11.3. The number of aromatic nitrogens is 1. The highest BCUT2D eigenvalue weighted by Gasteiger charge is 2.17. The van der Waals surface area contributed by atoms with E-state index in [1.807, 2.05) is 0 Å². The van der Waals surface area contributed by atoms with Crippen molar-refractivity contribution in [2.75, 3.05) is 5.32 Å². The number of ether oxygens (including phenoxy) is 1. The van der Waals surface area contributed by atoms with E-state index in [9.17, 15) is 4.79 Å². The maximum absolute atomic E-state index is 11.4. The second-order valence-electron chi connectivity index (χ2n) is 4.01. The number of aryl methyl sites for hydroxylation is 1. The quantitative estimate of drug-likeness (QED) is 0.828. The summed E-state index contributed by atoms with van der Waals surface area (Å²) in [5.41, 5.74) is 0.183. The number of rotatable bonds is 1. The molecule has 1 aromatic rings. The molecule has 0 saturated carbocycles. The molecule has 1 heterocycles. The summed E-state index contributed by atoms with van der Waals surface area (Å²) in [4.78, 5) is 15.4. The fourth-order valence-corrected chi connectivity index (χ4v) is 1.91. The van der Waals surface area contributed by atoms with E-state index in [0.717, 1.165) is 0 Å². The number of hydrogen-bond donors (Lipinski definition) is 1. The molecule has 0 unspecified atom stereocenters. The Hall–Kier alpha value is -0.810. The van der Waals surface area contributed by atoms with Crippen molar-refractivity contribution < 1.29 is 9.53 Å². The molecular formula is C9H13ClN2O2S. The van der Waals surface area contributed by atoms with Gasteiger partial charge in [0.25, 0.3) is 0 Å². The van der Waals surface area contributed by atoms with Crippen molar-refractivity contribution in [2.24, 2.45) is 0 Å². The zero-order chi connectivity index (χ0) is 11.6. The van der Waals surface area contributed by atoms with Gasteiger partial charge < -0.3 is 4.74 Å². The van der Waals surface area contributed by atoms with Gasteiger partial charge in [-0.05, 0) is 27.7 Å². The topological polar surface area (TPSA) is 51.2 Å². The SMILES string of the molecule is Cc1nc(Cl)sc1NC(=O)OC(C)(C)C. The van der Waals surface area contributed by atoms with Crippen LogP contribution >= 0.6 is 22.9 Å². The van der Waals surface area contributed by atoms with Crippen LogP contribution in [0.3, 0.4) is 0 Å². The molecule has 0 aromatic carbocycles. The summed E-state index contributed by atoms with van der Waals surface area (Å²) >= 11 is 6.91. The molecule has 1 N–H and O–H groups in total. The number of carbonyl (C=O) groups excluding carboxylic acids is 1. The molecule has 1 amide bonds. The highest BCUT2D eigenvalue weighted by Crippen LogP contribution is 2.27. The van der Waals surface area contributed by atoms with Gasteiger partial charge >= 0.3 is 6.09 Å². The van der Waals surface area contributed by atoms with E-state index < -0.39 is 11.7 Å². The Labute approximate surface area is 97.6 Å². The minimum absolute atomic E-state index is 0.401. The third-order valence-electron chi connectivity index (χ3n) is 1.38. The van der Waals surface area contributed by atoms with Gasteiger partial charge in [-0.1, -0.05) is 22.9 Å². The molecule has 0 aliphatic heterocycles. The fraction of sp³-hybridized carbons (Fsp3) is 0.556. The van der Waals surface area contributed by atoms with Crippen molar-refractivity contribution in [3.05, 3.63) is 10.2 Å². The number of anilines is 1. The van der Waals surface area contributed by atoms with Gasteiger partial charge in [0.1, 0.15) is 10.6 Å². The first kappa shape index (κ1) is 12.3. The Morgan fingerprint density at radius 1 is 1.53 bits per heavy atom. The molecule has 84 valence electrons. The second kappa shape index (κ2) is 4.37. The number of thiazole rings is 1. The predicted octanol–water partition coefficient (Wildman–Crippen LogP) is 3.45. The van der Waals surface area contributed by atoms with Crippen molar-refractivity contribution in [3.8, 4) is 0 Å². The van der Waals surface area contributed by atoms with E-state index in [2.05, 4.69) is 10.3 Å². The lowest BCUT2D eigenvalue weighted by atomic mass is 10.2. The van der Waals surface area contributed by atoms with E-state index in [0.29, 0.717) is 15.2 Å². The molecule has 15 heavy (non-hydrogen) atoms. The minimum atomic E-state index is -0.507. The third kappa shape index (κ3) is 4.05. The highest BCUT2D eigenvalue weighted by atomic mass is 35.5. The summed E-state index contributed by atoms with van der Waals surface area (Å²) in [7, 11) is 0. The molecule has 1 aromatic heterocycles. The van der Waals surface area contributed by atoms with Crippen molar-refractivity contribution in [2.45, 2.75) is 33.3 Å². The molecule has 0 aliphatic carbocycles. The fourth-order valence-electron chi connectivity index (χ4n) is 0.876. The number of nitrogens with zero attached hydrogens (tertiary/aromatic N) is 1. The van der Waals surface area contributed by atoms with Crippen LogP contribution in [0.25, 0.3) is 0 Å². The number of hydrogen-bond acceptors (Lipinski definition) is 4. The predicted molar refractivity (Wildman–Crippen MR) is 61.7 cm³/mol. The van der Waals surface area contributed by atoms with Gasteiger partial charge in [-0.15, -0.1) is 0 Å². The maximum Gasteiger partial charge on any atom is 0.412 e. The molecule has 4 nitrogen and oxygen atoms in total. The van der Waals surface area contributed by atoms with Gasteiger partial charge in [0.15, 0.2) is 4.47 Å². The summed E-state index contributed by atoms with van der Waals surface area (Å²) in [6.45, 7) is 7.19. The molecule has 6 heteroatoms. The zero-order valence-corrected chi connectivity index (χ0v) is 10.6. The molecule has 0 fully saturated rings. The van der Waals surface area contributed by atoms with E-state index in [-0.39, 0.29) is 0 Å². The second-order valence-corrected chi connectivity index (χ2v) is 5.59. The molecule has 0 saturated heterocycles. The first-order valence-electron chi connectivity index (χ1n) is 4.41. The van der Waals surface area contributed by atoms with Crippen molar-refractivity contribution in [3.63, 3.8) is 0 Å². The average Bonchev–Trinajstić information content (AvgIpc) is 2.25. The Balaban J connectivity index is 2.63. The van der Waals surface area contributed by atoms with Crippen LogP contribution in [-0.2, 0) is 4.74 Å². The van der Waals surface area contributed by atoms with Crippen LogP contribution in [0.4, 0.5) is 9.80 Å². The minimum Gasteiger partial charge on any atom is -0.444 e. The molecule has 1 rings (SSSR count). The standard InChI is InChI=1S/C9H13ClN2O2S/c1-5-6(15-7(10)11-5)12-8(13)14-9(2,3)4/h1-4H3,(H,12,13). The Morgan fingerprint density at radius 3 is 2.53 bits per heavy atom. The number of nitrogens with one attached hydrogen (secondary N) is 1. The summed E-state index contributed by atoms with van der Waals surface area (Å²) in [5, 5.41) is 3.22. The van der Waals surface area contributed by atoms with Gasteiger partial charge in [0, 0.05) is 0 Å². The smallest absolute Gasteiger partial charge is 0.412 e. The maximum atomic E-state index is 11.4. The highest BCUT2D eigenvalue weighted by molar-refractivity contribution is 7.19. The Bertz CT molecular complexity index is 371. The summed E-state index contributed by atoms with van der Waals surface area (Å²) in [6.07, 6.45) is -0.495. The zero-order valence-electron chi connectivity index (χ0n) is 9.05. The number of amides is 1. The van der Waals surface area contributed by atoms with Gasteiger partial charge in [-0.3, -0.25) is 5.32 Å². The Kier molecular flexibility index (Phi) is 3.57. The van der Waals surface area contributed by atoms with Gasteiger partial charge in [0.2, 0.25) is 0 Å². The van der Waals surface area contributed by atoms with Crippen LogP contribution in [0.2, 0.25) is 4.47 Å². The van der Waals surface area contributed by atoms with Crippen LogP contribution < -0.4 is 5.32 Å². The van der Waals surface area contributed by atoms with E-state index >= 15 is 0 Å². The summed E-state index contributed by atoms with van der Waals surface area (Å²) in [5.74, 6) is 0. The van der Waals surface area contributed by atoms with E-state index in [4.69, 9.17) is 16.3 Å². The molecular weight excluding hydrogens is 236 g/mol. The first-order chi connectivity index (χ1) is 6.78. The molecule has 0 spiro atoms. The average molecular weight is 249 g/mol. The molecule has 0 atom stereocenters. The van der Waals surface area contributed by atoms with Gasteiger partial charge in [-0.25, -0.2) is 9.78 Å². The first-order valence-corrected chi connectivity index (χ1v) is 5.60. The monoisotopic (exact) mass is 248 g/mol. The summed E-state index contributed by atoms with van der Waals surface area (Å²) < 4.78 is 5.49.